The molecule has 0 fully saturated rings. The van der Waals surface area contributed by atoms with Crippen LogP contribution in [-0.2, 0) is 13.1 Å². The lowest BCUT2D eigenvalue weighted by atomic mass is 10.2. The van der Waals surface area contributed by atoms with Crippen molar-refractivity contribution in [3.05, 3.63) is 18.7 Å². The van der Waals surface area contributed by atoms with Gasteiger partial charge in [0.2, 0.25) is 6.33 Å². The molecule has 2 N–H and O–H groups in total. The van der Waals surface area contributed by atoms with Gasteiger partial charge in [-0.25, -0.2) is 9.13 Å². The Kier molecular flexibility index (Phi) is 3.29. The number of rotatable bonds is 4. The fourth-order valence-corrected chi connectivity index (χ4v) is 1.11. The van der Waals surface area contributed by atoms with E-state index in [2.05, 4.69) is 34.8 Å². The van der Waals surface area contributed by atoms with Crippen LogP contribution in [0.3, 0.4) is 0 Å². The Labute approximate surface area is 73.8 Å². The molecule has 0 saturated heterocycles. The average molecular weight is 168 g/mol. The Balaban J connectivity index is 2.41. The van der Waals surface area contributed by atoms with Crippen molar-refractivity contribution >= 4 is 0 Å². The molecule has 0 spiro atoms. The largest absolute Gasteiger partial charge is 0.328 e. The molecule has 12 heavy (non-hydrogen) atoms. The van der Waals surface area contributed by atoms with Gasteiger partial charge in [-0.15, -0.1) is 0 Å². The Morgan fingerprint density at radius 2 is 2.33 bits per heavy atom. The van der Waals surface area contributed by atoms with Gasteiger partial charge in [-0.05, 0) is 13.8 Å². The first-order chi connectivity index (χ1) is 5.72. The molecule has 0 aliphatic heterocycles. The lowest BCUT2D eigenvalue weighted by Crippen LogP contribution is -2.34. The highest BCUT2D eigenvalue weighted by atomic mass is 15.1. The predicted octanol–water partition coefficient (Wildman–Crippen LogP) is 0.533. The third kappa shape index (κ3) is 2.66. The third-order valence-electron chi connectivity index (χ3n) is 1.95. The van der Waals surface area contributed by atoms with Crippen LogP contribution in [0, 0.1) is 0 Å². The molecule has 0 saturated carbocycles. The lowest BCUT2D eigenvalue weighted by molar-refractivity contribution is -0.697. The highest BCUT2D eigenvalue weighted by Crippen LogP contribution is 1.87. The van der Waals surface area contributed by atoms with E-state index in [-0.39, 0.29) is 0 Å². The number of hydrogen-bond acceptors (Lipinski definition) is 1. The van der Waals surface area contributed by atoms with E-state index in [1.54, 1.807) is 0 Å². The molecule has 0 aliphatic carbocycles. The van der Waals surface area contributed by atoms with Crippen molar-refractivity contribution in [3.8, 4) is 0 Å². The summed E-state index contributed by atoms with van der Waals surface area (Å²) in [5, 5.41) is 0. The third-order valence-corrected chi connectivity index (χ3v) is 1.95. The summed E-state index contributed by atoms with van der Waals surface area (Å²) in [6, 6.07) is 0.294. The summed E-state index contributed by atoms with van der Waals surface area (Å²) in [4.78, 5) is 0. The van der Waals surface area contributed by atoms with Gasteiger partial charge in [-0.3, -0.25) is 0 Å². The van der Waals surface area contributed by atoms with Crippen LogP contribution in [0.15, 0.2) is 18.7 Å². The molecule has 1 aromatic heterocycles. The van der Waals surface area contributed by atoms with Gasteiger partial charge >= 0.3 is 0 Å². The first-order valence-corrected chi connectivity index (χ1v) is 4.52. The van der Waals surface area contributed by atoms with Crippen molar-refractivity contribution in [2.24, 2.45) is 5.73 Å². The summed E-state index contributed by atoms with van der Waals surface area (Å²) in [6.45, 7) is 6.23. The Hall–Kier alpha value is -0.830. The van der Waals surface area contributed by atoms with Crippen LogP contribution in [0.25, 0.3) is 0 Å². The second kappa shape index (κ2) is 4.26. The van der Waals surface area contributed by atoms with Gasteiger partial charge in [-0.1, -0.05) is 0 Å². The van der Waals surface area contributed by atoms with Crippen molar-refractivity contribution in [1.82, 2.24) is 4.57 Å². The van der Waals surface area contributed by atoms with Gasteiger partial charge in [0.25, 0.3) is 0 Å². The zero-order valence-corrected chi connectivity index (χ0v) is 7.90. The SMILES string of the molecule is CCn1cc[n+](CCC(C)N)c1. The molecule has 1 aromatic rings. The van der Waals surface area contributed by atoms with Crippen LogP contribution in [0.1, 0.15) is 20.3 Å². The van der Waals surface area contributed by atoms with Crippen molar-refractivity contribution in [2.75, 3.05) is 0 Å². The fraction of sp³-hybridized carbons (Fsp3) is 0.667. The molecule has 0 amide bonds. The van der Waals surface area contributed by atoms with E-state index in [0.29, 0.717) is 6.04 Å². The number of nitrogens with zero attached hydrogens (tertiary/aromatic N) is 2. The summed E-state index contributed by atoms with van der Waals surface area (Å²) in [5.74, 6) is 0. The van der Waals surface area contributed by atoms with Gasteiger partial charge in [-0.2, -0.15) is 0 Å². The summed E-state index contributed by atoms with van der Waals surface area (Å²) in [6.07, 6.45) is 7.33. The first kappa shape index (κ1) is 9.26. The van der Waals surface area contributed by atoms with Crippen molar-refractivity contribution < 1.29 is 4.57 Å². The van der Waals surface area contributed by atoms with E-state index >= 15 is 0 Å². The van der Waals surface area contributed by atoms with Gasteiger partial charge in [0.15, 0.2) is 0 Å². The van der Waals surface area contributed by atoms with E-state index in [0.717, 1.165) is 19.5 Å². The van der Waals surface area contributed by atoms with Crippen molar-refractivity contribution in [1.29, 1.82) is 0 Å². The Morgan fingerprint density at radius 3 is 2.83 bits per heavy atom. The molecule has 0 aromatic carbocycles. The van der Waals surface area contributed by atoms with Crippen molar-refractivity contribution in [3.63, 3.8) is 0 Å². The van der Waals surface area contributed by atoms with E-state index in [9.17, 15) is 0 Å². The van der Waals surface area contributed by atoms with Crippen LogP contribution in [-0.4, -0.2) is 10.6 Å². The second-order valence-electron chi connectivity index (χ2n) is 3.25. The molecule has 1 heterocycles. The minimum atomic E-state index is 0.294. The Morgan fingerprint density at radius 1 is 1.58 bits per heavy atom. The maximum Gasteiger partial charge on any atom is 0.243 e. The highest BCUT2D eigenvalue weighted by Gasteiger charge is 2.02. The van der Waals surface area contributed by atoms with E-state index < -0.39 is 0 Å². The Bertz CT molecular complexity index is 227. The van der Waals surface area contributed by atoms with E-state index in [1.807, 2.05) is 6.92 Å². The molecule has 3 heteroatoms. The molecule has 68 valence electrons. The van der Waals surface area contributed by atoms with Crippen LogP contribution >= 0.6 is 0 Å². The number of imidazole rings is 1. The predicted molar refractivity (Wildman–Crippen MR) is 48.6 cm³/mol. The molecular formula is C9H18N3+. The number of aromatic nitrogens is 2. The van der Waals surface area contributed by atoms with Crippen molar-refractivity contribution in [2.45, 2.75) is 39.4 Å². The van der Waals surface area contributed by atoms with Crippen LogP contribution in [0.2, 0.25) is 0 Å². The maximum absolute atomic E-state index is 5.66. The molecule has 1 rings (SSSR count). The summed E-state index contributed by atoms with van der Waals surface area (Å²) in [5.41, 5.74) is 5.66. The quantitative estimate of drug-likeness (QED) is 0.654. The molecular weight excluding hydrogens is 150 g/mol. The number of hydrogen-bond donors (Lipinski definition) is 1. The minimum absolute atomic E-state index is 0.294. The topological polar surface area (TPSA) is 34.8 Å². The molecule has 3 nitrogen and oxygen atoms in total. The normalized spacial score (nSPS) is 13.2. The zero-order valence-electron chi connectivity index (χ0n) is 7.90. The highest BCUT2D eigenvalue weighted by molar-refractivity contribution is 4.64. The second-order valence-corrected chi connectivity index (χ2v) is 3.25. The number of nitrogens with two attached hydrogens (primary N) is 1. The molecule has 0 radical (unpaired) electrons. The van der Waals surface area contributed by atoms with Crippen LogP contribution in [0.5, 0.6) is 0 Å². The number of aryl methyl sites for hydroxylation is 2. The summed E-state index contributed by atoms with van der Waals surface area (Å²) >= 11 is 0. The molecule has 1 unspecified atom stereocenters. The fourth-order valence-electron chi connectivity index (χ4n) is 1.11. The van der Waals surface area contributed by atoms with E-state index in [4.69, 9.17) is 5.73 Å². The van der Waals surface area contributed by atoms with Gasteiger partial charge in [0.05, 0.1) is 13.1 Å². The monoisotopic (exact) mass is 168 g/mol. The molecule has 0 aliphatic rings. The van der Waals surface area contributed by atoms with Crippen LogP contribution < -0.4 is 10.3 Å². The molecule has 1 atom stereocenters. The zero-order chi connectivity index (χ0) is 8.97. The smallest absolute Gasteiger partial charge is 0.243 e. The molecule has 0 bridgehead atoms. The first-order valence-electron chi connectivity index (χ1n) is 4.52. The van der Waals surface area contributed by atoms with Crippen LogP contribution in [0.4, 0.5) is 0 Å². The van der Waals surface area contributed by atoms with Gasteiger partial charge in [0, 0.05) is 12.5 Å². The van der Waals surface area contributed by atoms with Gasteiger partial charge < -0.3 is 5.73 Å². The summed E-state index contributed by atoms with van der Waals surface area (Å²) < 4.78 is 4.33. The minimum Gasteiger partial charge on any atom is -0.328 e. The maximum atomic E-state index is 5.66. The summed E-state index contributed by atoms with van der Waals surface area (Å²) in [7, 11) is 0. The average Bonchev–Trinajstić information content (AvgIpc) is 2.48. The standard InChI is InChI=1S/C9H18N3/c1-3-11-6-7-12(8-11)5-4-9(2)10/h6-9H,3-5,10H2,1-2H3/q+1. The lowest BCUT2D eigenvalue weighted by Gasteiger charge is -2.00. The van der Waals surface area contributed by atoms with Gasteiger partial charge in [0.1, 0.15) is 12.4 Å². The van der Waals surface area contributed by atoms with E-state index in [1.165, 1.54) is 0 Å².